The number of anilines is 1. The van der Waals surface area contributed by atoms with E-state index in [0.29, 0.717) is 5.82 Å². The number of hydrogen-bond donors (Lipinski definition) is 2. The molecular formula is C16H19BrN4O2. The Hall–Kier alpha value is -2.15. The fourth-order valence-electron chi connectivity index (χ4n) is 2.16. The first kappa shape index (κ1) is 17.2. The Morgan fingerprint density at radius 3 is 2.70 bits per heavy atom. The van der Waals surface area contributed by atoms with Gasteiger partial charge in [-0.3, -0.25) is 14.7 Å². The predicted molar refractivity (Wildman–Crippen MR) is 93.0 cm³/mol. The first-order chi connectivity index (χ1) is 10.9. The molecule has 2 aromatic rings. The van der Waals surface area contributed by atoms with Crippen LogP contribution in [0.3, 0.4) is 0 Å². The summed E-state index contributed by atoms with van der Waals surface area (Å²) < 4.78 is 0.949. The number of aromatic amines is 1. The molecule has 2 amide bonds. The Balaban J connectivity index is 2.13. The standard InChI is InChI=1S/C16H19BrN4O2/c1-10-15(11-5-4-6-12(17)9-11)16(20-19-10)18-13(22)7-8-14(23)21(2)3/h4-6,9H,7-8H2,1-3H3,(H2,18,19,20,22). The number of hydrogen-bond acceptors (Lipinski definition) is 3. The first-order valence-electron chi connectivity index (χ1n) is 7.19. The second kappa shape index (κ2) is 7.41. The van der Waals surface area contributed by atoms with Crippen molar-refractivity contribution < 1.29 is 9.59 Å². The van der Waals surface area contributed by atoms with Gasteiger partial charge >= 0.3 is 0 Å². The summed E-state index contributed by atoms with van der Waals surface area (Å²) in [6.45, 7) is 1.90. The van der Waals surface area contributed by atoms with E-state index in [4.69, 9.17) is 0 Å². The Kier molecular flexibility index (Phi) is 5.54. The largest absolute Gasteiger partial charge is 0.349 e. The molecule has 23 heavy (non-hydrogen) atoms. The van der Waals surface area contributed by atoms with Gasteiger partial charge in [0.25, 0.3) is 0 Å². The van der Waals surface area contributed by atoms with Gasteiger partial charge < -0.3 is 10.2 Å². The Morgan fingerprint density at radius 2 is 2.04 bits per heavy atom. The third-order valence-electron chi connectivity index (χ3n) is 3.38. The molecule has 0 spiro atoms. The summed E-state index contributed by atoms with van der Waals surface area (Å²) in [5.41, 5.74) is 2.66. The van der Waals surface area contributed by atoms with E-state index in [9.17, 15) is 9.59 Å². The molecule has 1 aromatic carbocycles. The lowest BCUT2D eigenvalue weighted by Crippen LogP contribution is -2.23. The number of amides is 2. The maximum absolute atomic E-state index is 12.1. The lowest BCUT2D eigenvalue weighted by atomic mass is 10.1. The van der Waals surface area contributed by atoms with Gasteiger partial charge in [-0.25, -0.2) is 0 Å². The van der Waals surface area contributed by atoms with E-state index in [2.05, 4.69) is 31.4 Å². The second-order valence-corrected chi connectivity index (χ2v) is 6.33. The number of aryl methyl sites for hydroxylation is 1. The number of H-pyrrole nitrogens is 1. The highest BCUT2D eigenvalue weighted by atomic mass is 79.9. The maximum Gasteiger partial charge on any atom is 0.226 e. The van der Waals surface area contributed by atoms with Gasteiger partial charge in [0.15, 0.2) is 5.82 Å². The van der Waals surface area contributed by atoms with Crippen molar-refractivity contribution in [3.8, 4) is 11.1 Å². The number of aromatic nitrogens is 2. The Morgan fingerprint density at radius 1 is 1.30 bits per heavy atom. The van der Waals surface area contributed by atoms with Gasteiger partial charge in [-0.15, -0.1) is 0 Å². The van der Waals surface area contributed by atoms with Crippen LogP contribution in [0.2, 0.25) is 0 Å². The quantitative estimate of drug-likeness (QED) is 0.839. The van der Waals surface area contributed by atoms with E-state index >= 15 is 0 Å². The van der Waals surface area contributed by atoms with Crippen molar-refractivity contribution >= 4 is 33.6 Å². The number of halogens is 1. The van der Waals surface area contributed by atoms with Crippen LogP contribution in [0.15, 0.2) is 28.7 Å². The predicted octanol–water partition coefficient (Wildman–Crippen LogP) is 2.95. The average Bonchev–Trinajstić information content (AvgIpc) is 2.85. The third-order valence-corrected chi connectivity index (χ3v) is 3.88. The summed E-state index contributed by atoms with van der Waals surface area (Å²) in [5, 5.41) is 9.82. The molecular weight excluding hydrogens is 360 g/mol. The molecule has 2 rings (SSSR count). The molecule has 1 heterocycles. The molecule has 2 N–H and O–H groups in total. The summed E-state index contributed by atoms with van der Waals surface area (Å²) >= 11 is 3.44. The molecule has 0 saturated heterocycles. The second-order valence-electron chi connectivity index (χ2n) is 5.42. The number of carbonyl (C=O) groups is 2. The van der Waals surface area contributed by atoms with E-state index < -0.39 is 0 Å². The monoisotopic (exact) mass is 378 g/mol. The summed E-state index contributed by atoms with van der Waals surface area (Å²) in [4.78, 5) is 25.1. The lowest BCUT2D eigenvalue weighted by Gasteiger charge is -2.10. The molecule has 0 aliphatic heterocycles. The average molecular weight is 379 g/mol. The molecule has 1 aromatic heterocycles. The van der Waals surface area contributed by atoms with Crippen molar-refractivity contribution in [1.82, 2.24) is 15.1 Å². The van der Waals surface area contributed by atoms with Crippen molar-refractivity contribution in [3.63, 3.8) is 0 Å². The number of benzene rings is 1. The van der Waals surface area contributed by atoms with Crippen molar-refractivity contribution in [1.29, 1.82) is 0 Å². The Labute approximate surface area is 143 Å². The molecule has 0 atom stereocenters. The molecule has 0 saturated carbocycles. The van der Waals surface area contributed by atoms with Crippen LogP contribution in [0.4, 0.5) is 5.82 Å². The fourth-order valence-corrected chi connectivity index (χ4v) is 2.55. The summed E-state index contributed by atoms with van der Waals surface area (Å²) in [6, 6.07) is 7.77. The zero-order valence-electron chi connectivity index (χ0n) is 13.3. The van der Waals surface area contributed by atoms with Crippen molar-refractivity contribution in [2.45, 2.75) is 19.8 Å². The number of rotatable bonds is 5. The third kappa shape index (κ3) is 4.41. The smallest absolute Gasteiger partial charge is 0.226 e. The van der Waals surface area contributed by atoms with Crippen LogP contribution in [0.5, 0.6) is 0 Å². The SMILES string of the molecule is Cc1[nH]nc(NC(=O)CCC(=O)N(C)C)c1-c1cccc(Br)c1. The van der Waals surface area contributed by atoms with Crippen LogP contribution < -0.4 is 5.32 Å². The first-order valence-corrected chi connectivity index (χ1v) is 7.98. The molecule has 0 aliphatic rings. The molecule has 0 unspecified atom stereocenters. The number of nitrogens with zero attached hydrogens (tertiary/aromatic N) is 2. The zero-order chi connectivity index (χ0) is 17.0. The van der Waals surface area contributed by atoms with Crippen molar-refractivity contribution in [2.24, 2.45) is 0 Å². The minimum atomic E-state index is -0.233. The van der Waals surface area contributed by atoms with Gasteiger partial charge in [0.2, 0.25) is 11.8 Å². The van der Waals surface area contributed by atoms with Crippen molar-refractivity contribution in [2.75, 3.05) is 19.4 Å². The summed E-state index contributed by atoms with van der Waals surface area (Å²) in [7, 11) is 3.34. The highest BCUT2D eigenvalue weighted by molar-refractivity contribution is 9.10. The highest BCUT2D eigenvalue weighted by Gasteiger charge is 2.16. The van der Waals surface area contributed by atoms with Gasteiger partial charge in [0.05, 0.1) is 0 Å². The van der Waals surface area contributed by atoms with Crippen LogP contribution in [-0.4, -0.2) is 41.0 Å². The zero-order valence-corrected chi connectivity index (χ0v) is 14.9. The van der Waals surface area contributed by atoms with E-state index in [1.807, 2.05) is 31.2 Å². The van der Waals surface area contributed by atoms with Crippen LogP contribution >= 0.6 is 15.9 Å². The molecule has 0 radical (unpaired) electrons. The summed E-state index contributed by atoms with van der Waals surface area (Å²) in [6.07, 6.45) is 0.301. The lowest BCUT2D eigenvalue weighted by molar-refractivity contribution is -0.130. The number of carbonyl (C=O) groups excluding carboxylic acids is 2. The molecule has 0 bridgehead atoms. The topological polar surface area (TPSA) is 78.1 Å². The van der Waals surface area contributed by atoms with Crippen LogP contribution in [-0.2, 0) is 9.59 Å². The van der Waals surface area contributed by atoms with E-state index in [1.54, 1.807) is 14.1 Å². The van der Waals surface area contributed by atoms with Gasteiger partial charge in [0, 0.05) is 42.7 Å². The summed E-state index contributed by atoms with van der Waals surface area (Å²) in [5.74, 6) is 0.163. The molecule has 0 aliphatic carbocycles. The van der Waals surface area contributed by atoms with Crippen LogP contribution in [0, 0.1) is 6.92 Å². The van der Waals surface area contributed by atoms with Gasteiger partial charge in [-0.1, -0.05) is 28.1 Å². The van der Waals surface area contributed by atoms with Gasteiger partial charge in [-0.05, 0) is 24.6 Å². The van der Waals surface area contributed by atoms with E-state index in [0.717, 1.165) is 21.3 Å². The van der Waals surface area contributed by atoms with E-state index in [1.165, 1.54) is 4.90 Å². The van der Waals surface area contributed by atoms with Gasteiger partial charge in [0.1, 0.15) is 0 Å². The van der Waals surface area contributed by atoms with Gasteiger partial charge in [-0.2, -0.15) is 5.10 Å². The van der Waals surface area contributed by atoms with Crippen LogP contribution in [0.1, 0.15) is 18.5 Å². The molecule has 7 heteroatoms. The molecule has 0 fully saturated rings. The van der Waals surface area contributed by atoms with Crippen molar-refractivity contribution in [3.05, 3.63) is 34.4 Å². The number of nitrogens with one attached hydrogen (secondary N) is 2. The molecule has 122 valence electrons. The fraction of sp³-hybridized carbons (Fsp3) is 0.312. The van der Waals surface area contributed by atoms with E-state index in [-0.39, 0.29) is 24.7 Å². The normalized spacial score (nSPS) is 10.4. The minimum absolute atomic E-state index is 0.0782. The molecule has 6 nitrogen and oxygen atoms in total. The minimum Gasteiger partial charge on any atom is -0.349 e. The van der Waals surface area contributed by atoms with Crippen LogP contribution in [0.25, 0.3) is 11.1 Å². The highest BCUT2D eigenvalue weighted by Crippen LogP contribution is 2.31. The Bertz CT molecular complexity index is 725. The maximum atomic E-state index is 12.1.